The molecule has 0 spiro atoms. The van der Waals surface area contributed by atoms with Crippen molar-refractivity contribution in [2.45, 2.75) is 37.8 Å². The first-order valence-electron chi connectivity index (χ1n) is 9.66. The predicted molar refractivity (Wildman–Crippen MR) is 101 cm³/mol. The van der Waals surface area contributed by atoms with Gasteiger partial charge in [-0.25, -0.2) is 0 Å². The summed E-state index contributed by atoms with van der Waals surface area (Å²) in [5.74, 6) is 1.04. The van der Waals surface area contributed by atoms with Gasteiger partial charge in [-0.05, 0) is 37.0 Å². The van der Waals surface area contributed by atoms with Gasteiger partial charge in [-0.15, -0.1) is 0 Å². The van der Waals surface area contributed by atoms with Gasteiger partial charge in [-0.2, -0.15) is 0 Å². The Morgan fingerprint density at radius 3 is 2.69 bits per heavy atom. The molecule has 2 fully saturated rings. The Balaban J connectivity index is 1.65. The number of hydrogen-bond acceptors (Lipinski definition) is 5. The molecule has 144 valence electrons. The van der Waals surface area contributed by atoms with Crippen LogP contribution in [0.25, 0.3) is 0 Å². The summed E-state index contributed by atoms with van der Waals surface area (Å²) in [6.45, 7) is 3.83. The highest BCUT2D eigenvalue weighted by atomic mass is 16.5. The predicted octanol–water partition coefficient (Wildman–Crippen LogP) is 1.70. The Morgan fingerprint density at radius 1 is 1.31 bits per heavy atom. The van der Waals surface area contributed by atoms with Crippen molar-refractivity contribution in [3.8, 4) is 5.75 Å². The lowest BCUT2D eigenvalue weighted by molar-refractivity contribution is -0.126. The van der Waals surface area contributed by atoms with Crippen molar-refractivity contribution in [3.05, 3.63) is 29.8 Å². The minimum absolute atomic E-state index is 0.0555. The van der Waals surface area contributed by atoms with E-state index in [1.807, 2.05) is 12.1 Å². The lowest BCUT2D eigenvalue weighted by Gasteiger charge is -2.35. The number of morpholine rings is 1. The molecule has 1 aromatic rings. The zero-order valence-corrected chi connectivity index (χ0v) is 15.7. The topological polar surface area (TPSA) is 76.8 Å². The molecule has 3 atom stereocenters. The largest absolute Gasteiger partial charge is 0.497 e. The quantitative estimate of drug-likeness (QED) is 0.807. The molecule has 1 saturated carbocycles. The van der Waals surface area contributed by atoms with Crippen LogP contribution in [-0.2, 0) is 9.53 Å². The normalized spacial score (nSPS) is 25.5. The van der Waals surface area contributed by atoms with E-state index in [9.17, 15) is 4.79 Å². The standard InChI is InChI=1S/C20H31N3O3/c1-25-18-7-5-15(6-8-18)19(23-9-11-26-12-10-23)14-22-20(24)16-3-2-4-17(21)13-16/h5-8,16-17,19H,2-4,9-14,21H2,1H3,(H,22,24). The molecule has 1 amide bonds. The molecule has 3 unspecified atom stereocenters. The lowest BCUT2D eigenvalue weighted by atomic mass is 9.85. The lowest BCUT2D eigenvalue weighted by Crippen LogP contribution is -2.45. The summed E-state index contributed by atoms with van der Waals surface area (Å²) in [6, 6.07) is 8.43. The van der Waals surface area contributed by atoms with Gasteiger partial charge in [0.15, 0.2) is 0 Å². The zero-order chi connectivity index (χ0) is 18.4. The van der Waals surface area contributed by atoms with Gasteiger partial charge in [0.05, 0.1) is 26.4 Å². The second-order valence-corrected chi connectivity index (χ2v) is 7.31. The molecule has 1 heterocycles. The van der Waals surface area contributed by atoms with Gasteiger partial charge in [-0.3, -0.25) is 9.69 Å². The Hall–Kier alpha value is -1.63. The molecular weight excluding hydrogens is 330 g/mol. The monoisotopic (exact) mass is 361 g/mol. The van der Waals surface area contributed by atoms with Crippen LogP contribution in [0.4, 0.5) is 0 Å². The summed E-state index contributed by atoms with van der Waals surface area (Å²) >= 11 is 0. The fraction of sp³-hybridized carbons (Fsp3) is 0.650. The first kappa shape index (κ1) is 19.1. The third kappa shape index (κ3) is 4.96. The summed E-state index contributed by atoms with van der Waals surface area (Å²) in [5, 5.41) is 3.19. The van der Waals surface area contributed by atoms with E-state index in [0.717, 1.165) is 57.7 Å². The highest BCUT2D eigenvalue weighted by Gasteiger charge is 2.27. The number of carbonyl (C=O) groups is 1. The van der Waals surface area contributed by atoms with Crippen molar-refractivity contribution in [2.24, 2.45) is 11.7 Å². The van der Waals surface area contributed by atoms with Crippen molar-refractivity contribution in [1.82, 2.24) is 10.2 Å². The van der Waals surface area contributed by atoms with E-state index in [4.69, 9.17) is 15.2 Å². The fourth-order valence-electron chi connectivity index (χ4n) is 3.98. The van der Waals surface area contributed by atoms with Crippen LogP contribution in [0.15, 0.2) is 24.3 Å². The minimum Gasteiger partial charge on any atom is -0.497 e. The van der Waals surface area contributed by atoms with Crippen LogP contribution in [0.3, 0.4) is 0 Å². The van der Waals surface area contributed by atoms with Crippen molar-refractivity contribution in [2.75, 3.05) is 40.0 Å². The van der Waals surface area contributed by atoms with E-state index >= 15 is 0 Å². The van der Waals surface area contributed by atoms with Crippen molar-refractivity contribution >= 4 is 5.91 Å². The van der Waals surface area contributed by atoms with E-state index in [-0.39, 0.29) is 23.9 Å². The first-order valence-corrected chi connectivity index (χ1v) is 9.66. The maximum Gasteiger partial charge on any atom is 0.223 e. The van der Waals surface area contributed by atoms with E-state index in [0.29, 0.717) is 6.54 Å². The SMILES string of the molecule is COc1ccc(C(CNC(=O)C2CCCC(N)C2)N2CCOCC2)cc1. The molecule has 1 aliphatic heterocycles. The smallest absolute Gasteiger partial charge is 0.223 e. The molecule has 0 aromatic heterocycles. The van der Waals surface area contributed by atoms with Crippen LogP contribution in [0.5, 0.6) is 5.75 Å². The molecule has 6 heteroatoms. The molecule has 1 aromatic carbocycles. The second-order valence-electron chi connectivity index (χ2n) is 7.31. The summed E-state index contributed by atoms with van der Waals surface area (Å²) in [4.78, 5) is 15.0. The molecular formula is C20H31N3O3. The van der Waals surface area contributed by atoms with Gasteiger partial charge >= 0.3 is 0 Å². The number of amides is 1. The Labute approximate surface area is 156 Å². The third-order valence-electron chi connectivity index (χ3n) is 5.54. The second kappa shape index (κ2) is 9.35. The summed E-state index contributed by atoms with van der Waals surface area (Å²) < 4.78 is 10.8. The van der Waals surface area contributed by atoms with Crippen LogP contribution in [0, 0.1) is 5.92 Å². The number of benzene rings is 1. The first-order chi connectivity index (χ1) is 12.7. The summed E-state index contributed by atoms with van der Waals surface area (Å²) in [5.41, 5.74) is 7.23. The number of rotatable bonds is 6. The molecule has 3 N–H and O–H groups in total. The number of ether oxygens (including phenoxy) is 2. The van der Waals surface area contributed by atoms with Crippen LogP contribution in [0.2, 0.25) is 0 Å². The minimum atomic E-state index is 0.0555. The molecule has 1 saturated heterocycles. The van der Waals surface area contributed by atoms with E-state index in [2.05, 4.69) is 22.3 Å². The highest BCUT2D eigenvalue weighted by Crippen LogP contribution is 2.26. The van der Waals surface area contributed by atoms with Crippen molar-refractivity contribution < 1.29 is 14.3 Å². The average molecular weight is 361 g/mol. The van der Waals surface area contributed by atoms with Crippen molar-refractivity contribution in [1.29, 1.82) is 0 Å². The summed E-state index contributed by atoms with van der Waals surface area (Å²) in [6.07, 6.45) is 3.83. The van der Waals surface area contributed by atoms with E-state index < -0.39 is 0 Å². The van der Waals surface area contributed by atoms with Crippen LogP contribution in [-0.4, -0.2) is 56.8 Å². The molecule has 1 aliphatic carbocycles. The molecule has 26 heavy (non-hydrogen) atoms. The van der Waals surface area contributed by atoms with Gasteiger partial charge < -0.3 is 20.5 Å². The molecule has 0 radical (unpaired) electrons. The van der Waals surface area contributed by atoms with Crippen LogP contribution in [0.1, 0.15) is 37.3 Å². The number of methoxy groups -OCH3 is 1. The van der Waals surface area contributed by atoms with Gasteiger partial charge in [-0.1, -0.05) is 18.6 Å². The zero-order valence-electron chi connectivity index (χ0n) is 15.7. The van der Waals surface area contributed by atoms with Crippen LogP contribution >= 0.6 is 0 Å². The highest BCUT2D eigenvalue weighted by molar-refractivity contribution is 5.78. The number of nitrogens with one attached hydrogen (secondary N) is 1. The number of nitrogens with zero attached hydrogens (tertiary/aromatic N) is 1. The Bertz CT molecular complexity index is 572. The van der Waals surface area contributed by atoms with Gasteiger partial charge in [0.2, 0.25) is 5.91 Å². The number of hydrogen-bond donors (Lipinski definition) is 2. The van der Waals surface area contributed by atoms with Gasteiger partial charge in [0.25, 0.3) is 0 Å². The fourth-order valence-corrected chi connectivity index (χ4v) is 3.98. The Morgan fingerprint density at radius 2 is 2.04 bits per heavy atom. The average Bonchev–Trinajstić information content (AvgIpc) is 2.69. The summed E-state index contributed by atoms with van der Waals surface area (Å²) in [7, 11) is 1.67. The maximum absolute atomic E-state index is 12.6. The van der Waals surface area contributed by atoms with Gasteiger partial charge in [0.1, 0.15) is 5.75 Å². The Kier molecular flexibility index (Phi) is 6.88. The van der Waals surface area contributed by atoms with E-state index in [1.54, 1.807) is 7.11 Å². The number of nitrogens with two attached hydrogens (primary N) is 1. The molecule has 0 bridgehead atoms. The van der Waals surface area contributed by atoms with Crippen molar-refractivity contribution in [3.63, 3.8) is 0 Å². The molecule has 3 rings (SSSR count). The third-order valence-corrected chi connectivity index (χ3v) is 5.54. The maximum atomic E-state index is 12.6. The van der Waals surface area contributed by atoms with Gasteiger partial charge in [0, 0.05) is 31.6 Å². The van der Waals surface area contributed by atoms with E-state index in [1.165, 1.54) is 5.56 Å². The molecule has 6 nitrogen and oxygen atoms in total. The number of carbonyl (C=O) groups excluding carboxylic acids is 1. The van der Waals surface area contributed by atoms with Crippen LogP contribution < -0.4 is 15.8 Å². The molecule has 2 aliphatic rings.